The fourth-order valence-electron chi connectivity index (χ4n) is 8.31. The quantitative estimate of drug-likeness (QED) is 0.334. The molecule has 40 heavy (non-hydrogen) atoms. The SMILES string of the molecule is C=C[C@]1(C)C[C@@H](OC(=O)CSC2C=CN(C(=O)C(N)C(C)C)CC2)[C@]2(C)C(C)CCC3(CCC(=O)C32)[C@@H](C)C1O. The summed E-state index contributed by atoms with van der Waals surface area (Å²) in [4.78, 5) is 41.2. The molecule has 3 aliphatic carbocycles. The molecule has 0 radical (unpaired) electrons. The van der Waals surface area contributed by atoms with Crippen molar-refractivity contribution < 1.29 is 24.2 Å². The third-order valence-electron chi connectivity index (χ3n) is 11.4. The molecule has 2 bridgehead atoms. The van der Waals surface area contributed by atoms with E-state index in [4.69, 9.17) is 10.5 Å². The number of hydrogen-bond donors (Lipinski definition) is 2. The number of carbonyl (C=O) groups is 3. The van der Waals surface area contributed by atoms with Gasteiger partial charge in [0.05, 0.1) is 17.9 Å². The van der Waals surface area contributed by atoms with Crippen molar-refractivity contribution in [3.8, 4) is 0 Å². The van der Waals surface area contributed by atoms with E-state index < -0.39 is 29.1 Å². The second-order valence-electron chi connectivity index (χ2n) is 13.8. The fourth-order valence-corrected chi connectivity index (χ4v) is 9.18. The molecule has 1 aliphatic heterocycles. The molecule has 4 aliphatic rings. The molecule has 0 aromatic rings. The van der Waals surface area contributed by atoms with Crippen LogP contribution in [0.5, 0.6) is 0 Å². The first-order chi connectivity index (χ1) is 18.7. The first-order valence-electron chi connectivity index (χ1n) is 15.1. The molecule has 8 heteroatoms. The first kappa shape index (κ1) is 31.3. The third-order valence-corrected chi connectivity index (χ3v) is 12.6. The number of aliphatic hydroxyl groups is 1. The van der Waals surface area contributed by atoms with Gasteiger partial charge in [0.15, 0.2) is 0 Å². The molecule has 0 spiro atoms. The van der Waals surface area contributed by atoms with E-state index in [1.54, 1.807) is 11.1 Å². The number of carbonyl (C=O) groups excluding carboxylic acids is 3. The lowest BCUT2D eigenvalue weighted by Gasteiger charge is -2.61. The van der Waals surface area contributed by atoms with Crippen LogP contribution in [0.4, 0.5) is 0 Å². The maximum absolute atomic E-state index is 13.5. The molecule has 3 N–H and O–H groups in total. The van der Waals surface area contributed by atoms with E-state index in [0.29, 0.717) is 19.4 Å². The highest BCUT2D eigenvalue weighted by molar-refractivity contribution is 8.00. The van der Waals surface area contributed by atoms with Crippen molar-refractivity contribution in [3.63, 3.8) is 0 Å². The molecule has 3 fully saturated rings. The predicted molar refractivity (Wildman–Crippen MR) is 159 cm³/mol. The summed E-state index contributed by atoms with van der Waals surface area (Å²) in [6.45, 7) is 17.0. The summed E-state index contributed by atoms with van der Waals surface area (Å²) in [5.74, 6) is 0.0672. The van der Waals surface area contributed by atoms with Gasteiger partial charge in [-0.25, -0.2) is 0 Å². The van der Waals surface area contributed by atoms with Crippen LogP contribution in [-0.4, -0.2) is 63.5 Å². The standard InChI is InChI=1S/C32H50N2O5S/c1-8-30(6)17-24(31(7)20(4)9-13-32(21(5)28(30)37)14-10-23(35)27(31)32)39-25(36)18-40-22-11-15-34(16-12-22)29(38)26(33)19(2)3/h8,11,15,19-22,24,26-28,37H,1,9-10,12-14,16-18,33H2,2-7H3/t20?,21-,22?,24+,26?,27?,28?,30+,31-,32?/m0/s1. The van der Waals surface area contributed by atoms with E-state index in [1.807, 2.05) is 32.9 Å². The monoisotopic (exact) mass is 574 g/mol. The zero-order chi connectivity index (χ0) is 29.6. The van der Waals surface area contributed by atoms with Gasteiger partial charge in [0.2, 0.25) is 5.91 Å². The lowest BCUT2D eigenvalue weighted by molar-refractivity contribution is -0.205. The van der Waals surface area contributed by atoms with Gasteiger partial charge in [0.25, 0.3) is 0 Å². The average Bonchev–Trinajstić information content (AvgIpc) is 3.29. The maximum Gasteiger partial charge on any atom is 0.316 e. The fraction of sp³-hybridized carbons (Fsp3) is 0.781. The number of rotatable bonds is 7. The largest absolute Gasteiger partial charge is 0.461 e. The van der Waals surface area contributed by atoms with Crippen LogP contribution in [-0.2, 0) is 19.1 Å². The van der Waals surface area contributed by atoms with Crippen LogP contribution in [0.25, 0.3) is 0 Å². The molecule has 0 aromatic carbocycles. The third kappa shape index (κ3) is 5.22. The Balaban J connectivity index is 1.51. The molecule has 1 amide bonds. The number of thioether (sulfide) groups is 1. The molecule has 224 valence electrons. The van der Waals surface area contributed by atoms with Crippen LogP contribution in [0.1, 0.15) is 80.1 Å². The van der Waals surface area contributed by atoms with Gasteiger partial charge in [-0.1, -0.05) is 53.7 Å². The van der Waals surface area contributed by atoms with Crippen LogP contribution in [0.15, 0.2) is 24.9 Å². The first-order valence-corrected chi connectivity index (χ1v) is 16.2. The predicted octanol–water partition coefficient (Wildman–Crippen LogP) is 4.72. The number of nitrogens with two attached hydrogens (primary N) is 1. The van der Waals surface area contributed by atoms with Crippen LogP contribution in [0.3, 0.4) is 0 Å². The summed E-state index contributed by atoms with van der Waals surface area (Å²) in [6.07, 6.45) is 8.77. The van der Waals surface area contributed by atoms with E-state index in [2.05, 4.69) is 27.4 Å². The number of nitrogens with zero attached hydrogens (tertiary/aromatic N) is 1. The molecule has 3 saturated carbocycles. The topological polar surface area (TPSA) is 110 Å². The summed E-state index contributed by atoms with van der Waals surface area (Å²) < 4.78 is 6.35. The molecule has 0 aromatic heterocycles. The van der Waals surface area contributed by atoms with E-state index in [1.165, 1.54) is 11.8 Å². The highest BCUT2D eigenvalue weighted by Gasteiger charge is 2.68. The number of esters is 1. The highest BCUT2D eigenvalue weighted by Crippen LogP contribution is 2.68. The lowest BCUT2D eigenvalue weighted by atomic mass is 9.44. The summed E-state index contributed by atoms with van der Waals surface area (Å²) in [5, 5.41) is 11.8. The summed E-state index contributed by atoms with van der Waals surface area (Å²) in [7, 11) is 0. The van der Waals surface area contributed by atoms with Gasteiger partial charge in [-0.05, 0) is 55.3 Å². The molecular formula is C32H50N2O5S. The maximum atomic E-state index is 13.5. The molecule has 0 saturated heterocycles. The van der Waals surface area contributed by atoms with Gasteiger partial charge in [-0.3, -0.25) is 14.4 Å². The number of ether oxygens (including phenoxy) is 1. The summed E-state index contributed by atoms with van der Waals surface area (Å²) >= 11 is 1.51. The van der Waals surface area contributed by atoms with Crippen LogP contribution >= 0.6 is 11.8 Å². The van der Waals surface area contributed by atoms with Crippen LogP contribution in [0, 0.1) is 39.9 Å². The number of Topliss-reactive ketones (excluding diaryl/α,β-unsaturated/α-hetero) is 1. The van der Waals surface area contributed by atoms with Crippen molar-refractivity contribution in [1.82, 2.24) is 4.90 Å². The molecule has 10 atom stereocenters. The Labute approximate surface area is 244 Å². The van der Waals surface area contributed by atoms with Crippen molar-refractivity contribution in [2.45, 2.75) is 104 Å². The molecule has 1 heterocycles. The second kappa shape index (κ2) is 11.6. The van der Waals surface area contributed by atoms with E-state index >= 15 is 0 Å². The zero-order valence-corrected chi connectivity index (χ0v) is 26.0. The van der Waals surface area contributed by atoms with Crippen molar-refractivity contribution in [1.29, 1.82) is 0 Å². The van der Waals surface area contributed by atoms with E-state index in [-0.39, 0.29) is 57.7 Å². The normalized spacial score (nSPS) is 42.1. The van der Waals surface area contributed by atoms with E-state index in [9.17, 15) is 19.5 Å². The Morgan fingerprint density at radius 3 is 2.58 bits per heavy atom. The number of amides is 1. The Morgan fingerprint density at radius 2 is 1.98 bits per heavy atom. The minimum absolute atomic E-state index is 0.0504. The van der Waals surface area contributed by atoms with Gasteiger partial charge >= 0.3 is 5.97 Å². The Bertz CT molecular complexity index is 1050. The van der Waals surface area contributed by atoms with Gasteiger partial charge in [-0.15, -0.1) is 18.3 Å². The number of ketones is 1. The van der Waals surface area contributed by atoms with Crippen molar-refractivity contribution in [2.24, 2.45) is 45.7 Å². The Morgan fingerprint density at radius 1 is 1.27 bits per heavy atom. The molecule has 6 unspecified atom stereocenters. The van der Waals surface area contributed by atoms with Crippen molar-refractivity contribution in [3.05, 3.63) is 24.9 Å². The minimum atomic E-state index is -0.672. The zero-order valence-electron chi connectivity index (χ0n) is 25.2. The second-order valence-corrected chi connectivity index (χ2v) is 15.1. The lowest BCUT2D eigenvalue weighted by Crippen LogP contribution is -2.63. The molecule has 4 rings (SSSR count). The van der Waals surface area contributed by atoms with Crippen LogP contribution < -0.4 is 5.73 Å². The van der Waals surface area contributed by atoms with Crippen LogP contribution in [0.2, 0.25) is 0 Å². The average molecular weight is 575 g/mol. The smallest absolute Gasteiger partial charge is 0.316 e. The number of hydrogen-bond acceptors (Lipinski definition) is 7. The van der Waals surface area contributed by atoms with Crippen molar-refractivity contribution >= 4 is 29.4 Å². The molecule has 7 nitrogen and oxygen atoms in total. The van der Waals surface area contributed by atoms with Crippen molar-refractivity contribution in [2.75, 3.05) is 12.3 Å². The van der Waals surface area contributed by atoms with Gasteiger partial charge in [-0.2, -0.15) is 0 Å². The van der Waals surface area contributed by atoms with Gasteiger partial charge < -0.3 is 20.5 Å². The Kier molecular flexibility index (Phi) is 9.05. The number of aliphatic hydroxyl groups excluding tert-OH is 1. The highest BCUT2D eigenvalue weighted by atomic mass is 32.2. The Hall–Kier alpha value is -1.64. The van der Waals surface area contributed by atoms with Gasteiger partial charge in [0.1, 0.15) is 11.9 Å². The minimum Gasteiger partial charge on any atom is -0.461 e. The van der Waals surface area contributed by atoms with Gasteiger partial charge in [0, 0.05) is 41.2 Å². The summed E-state index contributed by atoms with van der Waals surface area (Å²) in [6, 6.07) is -0.524. The molecular weight excluding hydrogens is 524 g/mol. The van der Waals surface area contributed by atoms with E-state index in [0.717, 1.165) is 25.7 Å². The summed E-state index contributed by atoms with van der Waals surface area (Å²) in [5.41, 5.74) is 4.61.